The van der Waals surface area contributed by atoms with E-state index in [0.717, 1.165) is 59.0 Å². The van der Waals surface area contributed by atoms with Crippen molar-refractivity contribution in [3.05, 3.63) is 126 Å². The van der Waals surface area contributed by atoms with Crippen molar-refractivity contribution >= 4 is 67.6 Å². The summed E-state index contributed by atoms with van der Waals surface area (Å²) in [7, 11) is -2.17. The molecule has 60 heavy (non-hydrogen) atoms. The number of benzene rings is 4. The molecular weight excluding hydrogens is 787 g/mol. The number of nitrogens with zero attached hydrogens (tertiary/aromatic N) is 5. The van der Waals surface area contributed by atoms with Crippen LogP contribution in [0.15, 0.2) is 119 Å². The summed E-state index contributed by atoms with van der Waals surface area (Å²) in [6, 6.07) is 30.1. The van der Waals surface area contributed by atoms with Crippen LogP contribution in [0, 0.1) is 0 Å². The summed E-state index contributed by atoms with van der Waals surface area (Å²) in [6.07, 6.45) is 6.79. The number of aromatic nitrogens is 3. The van der Waals surface area contributed by atoms with Crippen molar-refractivity contribution in [3.63, 3.8) is 0 Å². The number of esters is 1. The number of carbonyl (C=O) groups is 3. The SMILES string of the molecule is CCCCCCOC(=O)N/N=C/c1ccc(NCc2nc3cc(C(=O)N(CCC(=O)OCC)c4ccccn4)ccc3n2C)cc1.O=S(=O)(O)c1ccc2ccccc2c1. The molecule has 2 aromatic heterocycles. The van der Waals surface area contributed by atoms with Crippen LogP contribution in [0.5, 0.6) is 0 Å². The molecule has 15 nitrogen and oxygen atoms in total. The summed E-state index contributed by atoms with van der Waals surface area (Å²) in [5, 5.41) is 9.06. The number of aryl methyl sites for hydroxylation is 1. The number of pyridine rings is 1. The van der Waals surface area contributed by atoms with Crippen LogP contribution in [-0.4, -0.2) is 71.4 Å². The van der Waals surface area contributed by atoms with E-state index < -0.39 is 16.2 Å². The minimum Gasteiger partial charge on any atom is -0.466 e. The molecule has 6 aromatic rings. The predicted molar refractivity (Wildman–Crippen MR) is 232 cm³/mol. The zero-order valence-electron chi connectivity index (χ0n) is 33.8. The van der Waals surface area contributed by atoms with Crippen LogP contribution in [0.1, 0.15) is 67.7 Å². The number of unbranched alkanes of at least 4 members (excludes halogenated alkanes) is 3. The molecule has 0 atom stereocenters. The van der Waals surface area contributed by atoms with Crippen LogP contribution < -0.4 is 15.6 Å². The second kappa shape index (κ2) is 21.9. The maximum Gasteiger partial charge on any atom is 0.427 e. The monoisotopic (exact) mass is 835 g/mol. The maximum atomic E-state index is 13.6. The smallest absolute Gasteiger partial charge is 0.427 e. The molecule has 6 rings (SSSR count). The molecule has 0 radical (unpaired) electrons. The Morgan fingerprint density at radius 1 is 0.883 bits per heavy atom. The van der Waals surface area contributed by atoms with E-state index in [9.17, 15) is 22.8 Å². The number of nitrogens with one attached hydrogen (secondary N) is 2. The summed E-state index contributed by atoms with van der Waals surface area (Å²) in [4.78, 5) is 47.9. The molecule has 2 heterocycles. The third-order valence-corrected chi connectivity index (χ3v) is 10.1. The molecule has 0 bridgehead atoms. The van der Waals surface area contributed by atoms with Gasteiger partial charge in [-0.05, 0) is 84.3 Å². The Bertz CT molecular complexity index is 2510. The van der Waals surface area contributed by atoms with E-state index in [1.54, 1.807) is 61.8 Å². The number of carbonyl (C=O) groups excluding carboxylic acids is 3. The van der Waals surface area contributed by atoms with Crippen molar-refractivity contribution in [2.24, 2.45) is 12.1 Å². The molecule has 0 saturated heterocycles. The fourth-order valence-corrected chi connectivity index (χ4v) is 6.56. The van der Waals surface area contributed by atoms with E-state index in [1.807, 2.05) is 60.1 Å². The molecule has 314 valence electrons. The van der Waals surface area contributed by atoms with Gasteiger partial charge in [0.25, 0.3) is 16.0 Å². The Morgan fingerprint density at radius 2 is 1.65 bits per heavy atom. The highest BCUT2D eigenvalue weighted by Gasteiger charge is 2.21. The third kappa shape index (κ3) is 12.9. The molecule has 4 aromatic carbocycles. The summed E-state index contributed by atoms with van der Waals surface area (Å²) >= 11 is 0. The molecule has 3 N–H and O–H groups in total. The van der Waals surface area contributed by atoms with Crippen LogP contribution in [0.2, 0.25) is 0 Å². The van der Waals surface area contributed by atoms with Gasteiger partial charge in [-0.1, -0.05) is 74.7 Å². The van der Waals surface area contributed by atoms with Crippen molar-refractivity contribution in [1.82, 2.24) is 20.0 Å². The van der Waals surface area contributed by atoms with Gasteiger partial charge in [0.1, 0.15) is 11.6 Å². The molecule has 2 amide bonds. The standard InChI is InChI=1S/C34H41N7O5.C10H8O3S/c1-4-6-7-10-21-46-34(44)39-37-23-25-12-15-27(16-13-25)36-24-31-38-28-22-26(14-17-29(28)40(31)3)33(43)41(20-18-32(42)45-5-2)30-11-8-9-19-35-30;11-14(12,13)10-6-5-8-3-1-2-4-9(8)7-10/h8-9,11-17,19,22-23,36H,4-7,10,18,20-21,24H2,1-3H3,(H,39,44);1-7H,(H,11,12,13)/b37-23+;. The zero-order chi connectivity index (χ0) is 42.9. The van der Waals surface area contributed by atoms with Gasteiger partial charge >= 0.3 is 12.1 Å². The molecule has 0 aliphatic rings. The van der Waals surface area contributed by atoms with E-state index in [-0.39, 0.29) is 36.3 Å². The predicted octanol–water partition coefficient (Wildman–Crippen LogP) is 7.91. The van der Waals surface area contributed by atoms with Crippen LogP contribution in [-0.2, 0) is 38.0 Å². The number of hydrazone groups is 1. The second-order valence-corrected chi connectivity index (χ2v) is 14.9. The Balaban J connectivity index is 0.000000408. The van der Waals surface area contributed by atoms with Gasteiger partial charge in [-0.15, -0.1) is 0 Å². The molecule has 0 saturated carbocycles. The lowest BCUT2D eigenvalue weighted by Crippen LogP contribution is -2.34. The van der Waals surface area contributed by atoms with Gasteiger partial charge in [0.15, 0.2) is 0 Å². The number of ether oxygens (including phenoxy) is 2. The lowest BCUT2D eigenvalue weighted by atomic mass is 10.1. The number of imidazole rings is 1. The van der Waals surface area contributed by atoms with Crippen LogP contribution in [0.25, 0.3) is 21.8 Å². The topological polar surface area (TPSA) is 194 Å². The van der Waals surface area contributed by atoms with E-state index in [2.05, 4.69) is 27.8 Å². The number of hydrogen-bond donors (Lipinski definition) is 3. The second-order valence-electron chi connectivity index (χ2n) is 13.5. The van der Waals surface area contributed by atoms with E-state index >= 15 is 0 Å². The molecule has 0 aliphatic carbocycles. The lowest BCUT2D eigenvalue weighted by molar-refractivity contribution is -0.142. The lowest BCUT2D eigenvalue weighted by Gasteiger charge is -2.21. The number of amides is 2. The van der Waals surface area contributed by atoms with Gasteiger partial charge in [-0.3, -0.25) is 19.0 Å². The van der Waals surface area contributed by atoms with E-state index in [4.69, 9.17) is 19.0 Å². The molecule has 0 spiro atoms. The van der Waals surface area contributed by atoms with Gasteiger partial charge in [0.2, 0.25) is 0 Å². The van der Waals surface area contributed by atoms with Crippen molar-refractivity contribution in [2.45, 2.75) is 57.4 Å². The van der Waals surface area contributed by atoms with Gasteiger partial charge in [-0.2, -0.15) is 13.5 Å². The first-order chi connectivity index (χ1) is 29.0. The third-order valence-electron chi connectivity index (χ3n) is 9.22. The minimum atomic E-state index is -4.09. The first-order valence-corrected chi connectivity index (χ1v) is 21.0. The summed E-state index contributed by atoms with van der Waals surface area (Å²) < 4.78 is 42.6. The quantitative estimate of drug-likeness (QED) is 0.0266. The first-order valence-electron chi connectivity index (χ1n) is 19.6. The van der Waals surface area contributed by atoms with Crippen molar-refractivity contribution in [3.8, 4) is 0 Å². The van der Waals surface area contributed by atoms with Crippen LogP contribution >= 0.6 is 0 Å². The van der Waals surface area contributed by atoms with Gasteiger partial charge < -0.3 is 19.4 Å². The first kappa shape index (κ1) is 44.5. The van der Waals surface area contributed by atoms with Crippen molar-refractivity contribution < 1.29 is 36.8 Å². The molecule has 16 heteroatoms. The summed E-state index contributed by atoms with van der Waals surface area (Å²) in [5.74, 6) is 0.575. The Morgan fingerprint density at radius 3 is 2.37 bits per heavy atom. The van der Waals surface area contributed by atoms with Gasteiger partial charge in [-0.25, -0.2) is 20.2 Å². The van der Waals surface area contributed by atoms with Crippen LogP contribution in [0.3, 0.4) is 0 Å². The largest absolute Gasteiger partial charge is 0.466 e. The average Bonchev–Trinajstić information content (AvgIpc) is 3.57. The fraction of sp³-hybridized carbons (Fsp3) is 0.273. The van der Waals surface area contributed by atoms with Gasteiger partial charge in [0, 0.05) is 31.0 Å². The van der Waals surface area contributed by atoms with Crippen molar-refractivity contribution in [2.75, 3.05) is 30.0 Å². The highest BCUT2D eigenvalue weighted by atomic mass is 32.2. The Hall–Kier alpha value is -6.65. The highest BCUT2D eigenvalue weighted by Crippen LogP contribution is 2.22. The van der Waals surface area contributed by atoms with Gasteiger partial charge in [0.05, 0.1) is 48.3 Å². The summed E-state index contributed by atoms with van der Waals surface area (Å²) in [6.45, 7) is 5.13. The maximum absolute atomic E-state index is 13.6. The number of rotatable bonds is 17. The molecular formula is C44H49N7O8S. The minimum absolute atomic E-state index is 0.0519. The Kier molecular flexibility index (Phi) is 16.2. The number of hydrogen-bond acceptors (Lipinski definition) is 11. The normalized spacial score (nSPS) is 11.2. The van der Waals surface area contributed by atoms with Crippen LogP contribution in [0.4, 0.5) is 16.3 Å². The molecule has 0 fully saturated rings. The molecule has 0 aliphatic heterocycles. The average molecular weight is 836 g/mol. The fourth-order valence-electron chi connectivity index (χ4n) is 6.05. The highest BCUT2D eigenvalue weighted by molar-refractivity contribution is 7.85. The number of anilines is 2. The van der Waals surface area contributed by atoms with E-state index in [1.165, 1.54) is 17.0 Å². The van der Waals surface area contributed by atoms with E-state index in [0.29, 0.717) is 30.0 Å². The number of fused-ring (bicyclic) bond motifs is 2. The van der Waals surface area contributed by atoms with Crippen molar-refractivity contribution in [1.29, 1.82) is 0 Å². The molecule has 0 unspecified atom stereocenters. The zero-order valence-corrected chi connectivity index (χ0v) is 34.6. The summed E-state index contributed by atoms with van der Waals surface area (Å²) in [5.41, 5.74) is 6.07. The Labute approximate surface area is 349 Å².